The van der Waals surface area contributed by atoms with Gasteiger partial charge in [-0.05, 0) is 12.6 Å². The van der Waals surface area contributed by atoms with Gasteiger partial charge in [-0.15, -0.1) is 0 Å². The maximum absolute atomic E-state index is 5.27. The molecule has 2 rings (SSSR count). The smallest absolute Gasteiger partial charge is 0.146 e. The predicted molar refractivity (Wildman–Crippen MR) is 41.0 cm³/mol. The van der Waals surface area contributed by atoms with E-state index in [2.05, 4.69) is 11.4 Å². The van der Waals surface area contributed by atoms with Crippen LogP contribution in [0.1, 0.15) is 6.42 Å². The topological polar surface area (TPSA) is 30.5 Å². The van der Waals surface area contributed by atoms with Crippen LogP contribution in [-0.4, -0.2) is 26.6 Å². The van der Waals surface area contributed by atoms with Crippen molar-refractivity contribution in [1.82, 2.24) is 5.32 Å². The average Bonchev–Trinajstić information content (AvgIpc) is 2.07. The van der Waals surface area contributed by atoms with Crippen LogP contribution in [0.4, 0.5) is 0 Å². The molecule has 2 aliphatic heterocycles. The van der Waals surface area contributed by atoms with Gasteiger partial charge in [-0.1, -0.05) is 6.08 Å². The molecular formula is C8H13NO2. The van der Waals surface area contributed by atoms with Gasteiger partial charge in [-0.25, -0.2) is 0 Å². The Balaban J connectivity index is 2.01. The van der Waals surface area contributed by atoms with Crippen LogP contribution in [0.3, 0.4) is 0 Å². The first kappa shape index (κ1) is 7.13. The summed E-state index contributed by atoms with van der Waals surface area (Å²) in [5, 5.41) is 3.20. The van der Waals surface area contributed by atoms with E-state index in [1.54, 1.807) is 0 Å². The van der Waals surface area contributed by atoms with Gasteiger partial charge in [-0.3, -0.25) is 0 Å². The molecule has 62 valence electrons. The van der Waals surface area contributed by atoms with E-state index in [1.165, 1.54) is 0 Å². The molecule has 0 saturated carbocycles. The van der Waals surface area contributed by atoms with Crippen molar-refractivity contribution in [1.29, 1.82) is 0 Å². The largest absolute Gasteiger partial charge is 0.390 e. The van der Waals surface area contributed by atoms with Crippen molar-refractivity contribution >= 4 is 0 Å². The second-order valence-electron chi connectivity index (χ2n) is 3.30. The first-order valence-corrected chi connectivity index (χ1v) is 3.95. The maximum Gasteiger partial charge on any atom is 0.146 e. The Morgan fingerprint density at radius 2 is 2.09 bits per heavy atom. The predicted octanol–water partition coefficient (Wildman–Crippen LogP) is 0.484. The van der Waals surface area contributed by atoms with Gasteiger partial charge >= 0.3 is 0 Å². The molecule has 3 heteroatoms. The van der Waals surface area contributed by atoms with Crippen LogP contribution in [-0.2, 0) is 9.47 Å². The van der Waals surface area contributed by atoms with Gasteiger partial charge in [0.25, 0.3) is 0 Å². The third kappa shape index (κ3) is 1.39. The molecule has 0 unspecified atom stereocenters. The normalized spacial score (nSPS) is 28.4. The number of ether oxygens (including phenoxy) is 2. The summed E-state index contributed by atoms with van der Waals surface area (Å²) in [4.78, 5) is 0. The van der Waals surface area contributed by atoms with E-state index < -0.39 is 0 Å². The molecule has 1 fully saturated rings. The molecule has 11 heavy (non-hydrogen) atoms. The number of hydrogen-bond acceptors (Lipinski definition) is 3. The first-order valence-electron chi connectivity index (χ1n) is 3.95. The Kier molecular flexibility index (Phi) is 1.84. The Morgan fingerprint density at radius 1 is 1.27 bits per heavy atom. The highest BCUT2D eigenvalue weighted by atomic mass is 16.7. The standard InChI is InChI=1S/C8H13NO2/c1-2-8(4-9-3-1)5-10-7-11-6-8/h1,3,9H,2,4-7H2. The van der Waals surface area contributed by atoms with Crippen LogP contribution in [0.2, 0.25) is 0 Å². The Hall–Kier alpha value is -0.540. The van der Waals surface area contributed by atoms with Crippen LogP contribution in [0.5, 0.6) is 0 Å². The lowest BCUT2D eigenvalue weighted by molar-refractivity contribution is -0.162. The van der Waals surface area contributed by atoms with E-state index in [-0.39, 0.29) is 5.41 Å². The summed E-state index contributed by atoms with van der Waals surface area (Å²) in [6, 6.07) is 0. The van der Waals surface area contributed by atoms with Crippen LogP contribution >= 0.6 is 0 Å². The fourth-order valence-corrected chi connectivity index (χ4v) is 1.58. The monoisotopic (exact) mass is 155 g/mol. The van der Waals surface area contributed by atoms with Crippen molar-refractivity contribution in [2.75, 3.05) is 26.6 Å². The van der Waals surface area contributed by atoms with E-state index in [0.29, 0.717) is 6.79 Å². The highest BCUT2D eigenvalue weighted by Crippen LogP contribution is 2.27. The van der Waals surface area contributed by atoms with Gasteiger partial charge in [0.05, 0.1) is 13.2 Å². The van der Waals surface area contributed by atoms with Crippen molar-refractivity contribution < 1.29 is 9.47 Å². The molecule has 0 bridgehead atoms. The van der Waals surface area contributed by atoms with Crippen molar-refractivity contribution in [3.63, 3.8) is 0 Å². The second-order valence-corrected chi connectivity index (χ2v) is 3.30. The van der Waals surface area contributed by atoms with Gasteiger partial charge in [0.15, 0.2) is 0 Å². The third-order valence-electron chi connectivity index (χ3n) is 2.25. The Labute approximate surface area is 66.4 Å². The van der Waals surface area contributed by atoms with Gasteiger partial charge in [0.2, 0.25) is 0 Å². The minimum absolute atomic E-state index is 0.215. The van der Waals surface area contributed by atoms with E-state index >= 15 is 0 Å². The molecule has 0 aromatic heterocycles. The summed E-state index contributed by atoms with van der Waals surface area (Å²) < 4.78 is 10.5. The van der Waals surface area contributed by atoms with Crippen molar-refractivity contribution in [2.24, 2.45) is 5.41 Å². The summed E-state index contributed by atoms with van der Waals surface area (Å²) in [5.74, 6) is 0. The molecule has 0 aliphatic carbocycles. The molecule has 0 aromatic carbocycles. The number of allylic oxidation sites excluding steroid dienone is 1. The lowest BCUT2D eigenvalue weighted by atomic mass is 9.84. The molecule has 2 heterocycles. The van der Waals surface area contributed by atoms with Crippen LogP contribution in [0.15, 0.2) is 12.3 Å². The van der Waals surface area contributed by atoms with Crippen LogP contribution in [0, 0.1) is 5.41 Å². The SMILES string of the molecule is C1=CNCC2(C1)COCOC2. The van der Waals surface area contributed by atoms with E-state index in [9.17, 15) is 0 Å². The molecule has 0 atom stereocenters. The molecule has 1 saturated heterocycles. The summed E-state index contributed by atoms with van der Waals surface area (Å²) in [5.41, 5.74) is 0.215. The molecular weight excluding hydrogens is 142 g/mol. The minimum Gasteiger partial charge on any atom is -0.390 e. The molecule has 3 nitrogen and oxygen atoms in total. The molecule has 0 radical (unpaired) electrons. The fraction of sp³-hybridized carbons (Fsp3) is 0.750. The van der Waals surface area contributed by atoms with E-state index in [0.717, 1.165) is 26.2 Å². The maximum atomic E-state index is 5.27. The van der Waals surface area contributed by atoms with Gasteiger partial charge in [0, 0.05) is 12.0 Å². The van der Waals surface area contributed by atoms with Gasteiger partial charge in [-0.2, -0.15) is 0 Å². The third-order valence-corrected chi connectivity index (χ3v) is 2.25. The zero-order valence-electron chi connectivity index (χ0n) is 6.51. The number of nitrogens with one attached hydrogen (secondary N) is 1. The van der Waals surface area contributed by atoms with E-state index in [1.807, 2.05) is 6.20 Å². The zero-order valence-corrected chi connectivity index (χ0v) is 6.51. The highest BCUT2D eigenvalue weighted by Gasteiger charge is 2.33. The van der Waals surface area contributed by atoms with Crippen molar-refractivity contribution in [3.8, 4) is 0 Å². The Bertz CT molecular complexity index is 161. The lowest BCUT2D eigenvalue weighted by Gasteiger charge is -2.37. The quantitative estimate of drug-likeness (QED) is 0.552. The average molecular weight is 155 g/mol. The summed E-state index contributed by atoms with van der Waals surface area (Å²) in [7, 11) is 0. The Morgan fingerprint density at radius 3 is 2.73 bits per heavy atom. The van der Waals surface area contributed by atoms with Crippen molar-refractivity contribution in [3.05, 3.63) is 12.3 Å². The van der Waals surface area contributed by atoms with Crippen LogP contribution < -0.4 is 5.32 Å². The fourth-order valence-electron chi connectivity index (χ4n) is 1.58. The van der Waals surface area contributed by atoms with E-state index in [4.69, 9.17) is 9.47 Å². The van der Waals surface area contributed by atoms with Gasteiger partial charge in [0.1, 0.15) is 6.79 Å². The number of hydrogen-bond donors (Lipinski definition) is 1. The summed E-state index contributed by atoms with van der Waals surface area (Å²) >= 11 is 0. The van der Waals surface area contributed by atoms with Crippen molar-refractivity contribution in [2.45, 2.75) is 6.42 Å². The summed E-state index contributed by atoms with van der Waals surface area (Å²) in [6.07, 6.45) is 5.21. The minimum atomic E-state index is 0.215. The molecule has 0 aromatic rings. The molecule has 0 amide bonds. The van der Waals surface area contributed by atoms with Gasteiger partial charge < -0.3 is 14.8 Å². The highest BCUT2D eigenvalue weighted by molar-refractivity contribution is 4.98. The molecule has 1 spiro atoms. The molecule has 1 N–H and O–H groups in total. The van der Waals surface area contributed by atoms with Crippen LogP contribution in [0.25, 0.3) is 0 Å². The second kappa shape index (κ2) is 2.83. The number of rotatable bonds is 0. The zero-order chi connectivity index (χ0) is 7.57. The lowest BCUT2D eigenvalue weighted by Crippen LogP contribution is -2.45. The first-order chi connectivity index (χ1) is 5.41. The summed E-state index contributed by atoms with van der Waals surface area (Å²) in [6.45, 7) is 3.09. The molecule has 2 aliphatic rings.